The molecule has 3 aromatic rings. The molecule has 1 atom stereocenters. The highest BCUT2D eigenvalue weighted by Gasteiger charge is 2.42. The van der Waals surface area contributed by atoms with E-state index < -0.39 is 21.9 Å². The summed E-state index contributed by atoms with van der Waals surface area (Å²) in [5.74, 6) is -0.235. The number of hydrogen-bond donors (Lipinski definition) is 0. The zero-order valence-corrected chi connectivity index (χ0v) is 21.6. The Balaban J connectivity index is 1.65. The van der Waals surface area contributed by atoms with Crippen LogP contribution in [0.4, 0.5) is 9.52 Å². The molecule has 0 aliphatic carbocycles. The molecule has 2 heterocycles. The summed E-state index contributed by atoms with van der Waals surface area (Å²) >= 11 is 1.23. The van der Waals surface area contributed by atoms with E-state index in [9.17, 15) is 17.6 Å². The van der Waals surface area contributed by atoms with Gasteiger partial charge in [-0.15, -0.1) is 0 Å². The fraction of sp³-hybridized carbons (Fsp3) is 0.417. The third-order valence-electron chi connectivity index (χ3n) is 6.00. The molecule has 0 radical (unpaired) electrons. The number of amides is 1. The zero-order valence-electron chi connectivity index (χ0n) is 20.0. The molecule has 1 aromatic heterocycles. The van der Waals surface area contributed by atoms with E-state index >= 15 is 0 Å². The van der Waals surface area contributed by atoms with Crippen LogP contribution in [0.1, 0.15) is 19.3 Å². The van der Waals surface area contributed by atoms with Crippen LogP contribution in [0.15, 0.2) is 47.4 Å². The molecule has 2 aromatic carbocycles. The Hall–Kier alpha value is -2.60. The minimum absolute atomic E-state index is 0.110. The molecule has 0 spiro atoms. The highest BCUT2D eigenvalue weighted by Crippen LogP contribution is 2.33. The van der Waals surface area contributed by atoms with Crippen LogP contribution in [0.2, 0.25) is 0 Å². The topological polar surface area (TPSA) is 83.0 Å². The largest absolute Gasteiger partial charge is 0.497 e. The van der Waals surface area contributed by atoms with Crippen LogP contribution >= 0.6 is 11.3 Å². The lowest BCUT2D eigenvalue weighted by atomic mass is 10.2. The molecule has 0 bridgehead atoms. The summed E-state index contributed by atoms with van der Waals surface area (Å²) in [5, 5.41) is 0.377. The number of rotatable bonds is 9. The van der Waals surface area contributed by atoms with Crippen LogP contribution in [0.25, 0.3) is 10.2 Å². The summed E-state index contributed by atoms with van der Waals surface area (Å²) in [6.45, 7) is 1.34. The van der Waals surface area contributed by atoms with Gasteiger partial charge >= 0.3 is 0 Å². The maximum atomic E-state index is 14.3. The highest BCUT2D eigenvalue weighted by atomic mass is 32.2. The van der Waals surface area contributed by atoms with Crippen molar-refractivity contribution in [2.24, 2.45) is 0 Å². The van der Waals surface area contributed by atoms with E-state index in [1.807, 2.05) is 19.0 Å². The van der Waals surface area contributed by atoms with Gasteiger partial charge in [-0.2, -0.15) is 4.31 Å². The van der Waals surface area contributed by atoms with Crippen molar-refractivity contribution in [1.82, 2.24) is 14.2 Å². The molecule has 188 valence electrons. The molecule has 4 rings (SSSR count). The van der Waals surface area contributed by atoms with Crippen molar-refractivity contribution in [1.29, 1.82) is 0 Å². The molecule has 1 amide bonds. The lowest BCUT2D eigenvalue weighted by molar-refractivity contribution is -0.121. The Morgan fingerprint density at radius 2 is 1.94 bits per heavy atom. The quantitative estimate of drug-likeness (QED) is 0.429. The Labute approximate surface area is 209 Å². The van der Waals surface area contributed by atoms with Crippen LogP contribution in [0, 0.1) is 5.82 Å². The van der Waals surface area contributed by atoms with Crippen molar-refractivity contribution in [3.63, 3.8) is 0 Å². The van der Waals surface area contributed by atoms with Gasteiger partial charge in [-0.1, -0.05) is 17.4 Å². The summed E-state index contributed by atoms with van der Waals surface area (Å²) in [4.78, 5) is 21.9. The van der Waals surface area contributed by atoms with E-state index in [4.69, 9.17) is 4.74 Å². The second kappa shape index (κ2) is 10.6. The first kappa shape index (κ1) is 25.5. The number of thiazole rings is 1. The van der Waals surface area contributed by atoms with E-state index in [0.29, 0.717) is 41.4 Å². The summed E-state index contributed by atoms with van der Waals surface area (Å²) < 4.78 is 48.3. The van der Waals surface area contributed by atoms with Crippen LogP contribution in [0.3, 0.4) is 0 Å². The number of carbonyl (C=O) groups is 1. The number of benzene rings is 2. The Kier molecular flexibility index (Phi) is 7.70. The first-order valence-electron chi connectivity index (χ1n) is 11.4. The number of nitrogens with zero attached hydrogens (tertiary/aromatic N) is 4. The van der Waals surface area contributed by atoms with Crippen molar-refractivity contribution in [2.45, 2.75) is 30.2 Å². The lowest BCUT2D eigenvalue weighted by Gasteiger charge is -2.29. The van der Waals surface area contributed by atoms with Gasteiger partial charge in [0.15, 0.2) is 5.13 Å². The van der Waals surface area contributed by atoms with Gasteiger partial charge in [0, 0.05) is 13.1 Å². The molecular formula is C24H29FN4O4S2. The van der Waals surface area contributed by atoms with E-state index in [1.54, 1.807) is 24.3 Å². The molecule has 0 saturated carbocycles. The van der Waals surface area contributed by atoms with Crippen molar-refractivity contribution >= 4 is 42.6 Å². The number of anilines is 1. The fourth-order valence-corrected chi connectivity index (χ4v) is 6.86. The number of para-hydroxylation sites is 1. The number of aromatic nitrogens is 1. The average Bonchev–Trinajstić information content (AvgIpc) is 3.50. The van der Waals surface area contributed by atoms with E-state index in [0.717, 1.165) is 6.54 Å². The molecule has 8 nitrogen and oxygen atoms in total. The molecule has 0 N–H and O–H groups in total. The minimum Gasteiger partial charge on any atom is -0.497 e. The lowest BCUT2D eigenvalue weighted by Crippen LogP contribution is -2.48. The zero-order chi connectivity index (χ0) is 25.2. The smallest absolute Gasteiger partial charge is 0.247 e. The number of carbonyl (C=O) groups excluding carboxylic acids is 1. The van der Waals surface area contributed by atoms with Gasteiger partial charge in [-0.25, -0.2) is 17.8 Å². The Bertz CT molecular complexity index is 1290. The molecule has 1 fully saturated rings. The number of halogens is 1. The third kappa shape index (κ3) is 5.32. The Morgan fingerprint density at radius 1 is 1.20 bits per heavy atom. The number of methoxy groups -OCH3 is 1. The fourth-order valence-electron chi connectivity index (χ4n) is 4.20. The molecule has 1 aliphatic rings. The summed E-state index contributed by atoms with van der Waals surface area (Å²) in [6.07, 6.45) is 1.65. The Morgan fingerprint density at radius 3 is 2.60 bits per heavy atom. The normalized spacial score (nSPS) is 16.8. The van der Waals surface area contributed by atoms with Crippen molar-refractivity contribution in [2.75, 3.05) is 45.7 Å². The molecule has 35 heavy (non-hydrogen) atoms. The van der Waals surface area contributed by atoms with Gasteiger partial charge < -0.3 is 9.64 Å². The number of hydrogen-bond acceptors (Lipinski definition) is 7. The third-order valence-corrected chi connectivity index (χ3v) is 8.96. The van der Waals surface area contributed by atoms with Crippen LogP contribution in [-0.2, 0) is 14.8 Å². The number of ether oxygens (including phenoxy) is 1. The first-order chi connectivity index (χ1) is 16.7. The van der Waals surface area contributed by atoms with Gasteiger partial charge in [0.2, 0.25) is 15.9 Å². The van der Waals surface area contributed by atoms with E-state index in [-0.39, 0.29) is 22.9 Å². The summed E-state index contributed by atoms with van der Waals surface area (Å²) in [5.41, 5.74) is 0.215. The molecule has 11 heteroatoms. The predicted molar refractivity (Wildman–Crippen MR) is 135 cm³/mol. The average molecular weight is 521 g/mol. The second-order valence-corrected chi connectivity index (χ2v) is 11.6. The molecule has 1 aliphatic heterocycles. The van der Waals surface area contributed by atoms with E-state index in [2.05, 4.69) is 4.98 Å². The number of sulfonamides is 1. The van der Waals surface area contributed by atoms with Gasteiger partial charge in [-0.05, 0) is 76.3 Å². The van der Waals surface area contributed by atoms with Crippen molar-refractivity contribution < 1.29 is 22.3 Å². The van der Waals surface area contributed by atoms with Gasteiger partial charge in [0.25, 0.3) is 0 Å². The minimum atomic E-state index is -3.89. The van der Waals surface area contributed by atoms with Gasteiger partial charge in [0.05, 0.1) is 16.7 Å². The summed E-state index contributed by atoms with van der Waals surface area (Å²) in [6, 6.07) is 10.0. The van der Waals surface area contributed by atoms with Crippen LogP contribution < -0.4 is 9.64 Å². The monoisotopic (exact) mass is 520 g/mol. The molecule has 1 unspecified atom stereocenters. The van der Waals surface area contributed by atoms with Crippen LogP contribution in [-0.4, -0.2) is 75.4 Å². The van der Waals surface area contributed by atoms with Gasteiger partial charge in [-0.3, -0.25) is 9.69 Å². The second-order valence-electron chi connectivity index (χ2n) is 8.68. The SMILES string of the molecule is COc1ccc(S(=O)(=O)N2CCCC2C(=O)N(CCCN(C)C)c2nc3c(F)cccc3s2)cc1. The maximum Gasteiger partial charge on any atom is 0.247 e. The number of fused-ring (bicyclic) bond motifs is 1. The maximum absolute atomic E-state index is 14.3. The highest BCUT2D eigenvalue weighted by molar-refractivity contribution is 7.89. The molecule has 1 saturated heterocycles. The van der Waals surface area contributed by atoms with Crippen LogP contribution in [0.5, 0.6) is 5.75 Å². The van der Waals surface area contributed by atoms with Crippen molar-refractivity contribution in [3.8, 4) is 5.75 Å². The molecular weight excluding hydrogens is 491 g/mol. The summed E-state index contributed by atoms with van der Waals surface area (Å²) in [7, 11) is 1.51. The van der Waals surface area contributed by atoms with E-state index in [1.165, 1.54) is 45.9 Å². The standard InChI is InChI=1S/C24H29FN4O4S2/c1-27(2)14-6-15-28(24-26-22-19(25)7-4-9-21(22)34-24)23(30)20-8-5-16-29(20)35(31,32)18-12-10-17(33-3)11-13-18/h4,7,9-13,20H,5-6,8,14-16H2,1-3H3. The van der Waals surface area contributed by atoms with Crippen molar-refractivity contribution in [3.05, 3.63) is 48.3 Å². The first-order valence-corrected chi connectivity index (χ1v) is 13.6. The van der Waals surface area contributed by atoms with Gasteiger partial charge in [0.1, 0.15) is 23.1 Å². The predicted octanol–water partition coefficient (Wildman–Crippen LogP) is 3.58.